The minimum Gasteiger partial charge on any atom is -0.274 e. The Morgan fingerprint density at radius 1 is 1.39 bits per heavy atom. The molecule has 1 saturated carbocycles. The Balaban J connectivity index is 1.99. The van der Waals surface area contributed by atoms with Crippen LogP contribution in [0.3, 0.4) is 0 Å². The average Bonchev–Trinajstić information content (AvgIpc) is 3.26. The van der Waals surface area contributed by atoms with Gasteiger partial charge in [-0.25, -0.2) is 8.42 Å². The first-order valence-electron chi connectivity index (χ1n) is 7.80. The monoisotopic (exact) mass is 334 g/mol. The maximum absolute atomic E-state index is 12.2. The van der Waals surface area contributed by atoms with Crippen LogP contribution < -0.4 is 4.72 Å². The standard InChI is InChI=1S/C17H22N2O3S/c1-11(2)7-12(3)23(21,22)19-17(20)16-9-15(16)14-6-4-5-13(8-14)10-18/h4-6,8,11-12,15-16H,7,9H2,1-3H3,(H,19,20). The van der Waals surface area contributed by atoms with Crippen LogP contribution in [0.1, 0.15) is 50.7 Å². The van der Waals surface area contributed by atoms with Crippen LogP contribution in [0.25, 0.3) is 0 Å². The molecule has 1 aliphatic rings. The van der Waals surface area contributed by atoms with Crippen LogP contribution in [-0.2, 0) is 14.8 Å². The summed E-state index contributed by atoms with van der Waals surface area (Å²) in [6, 6.07) is 9.18. The second-order valence-corrected chi connectivity index (χ2v) is 8.74. The highest BCUT2D eigenvalue weighted by Crippen LogP contribution is 2.47. The van der Waals surface area contributed by atoms with Crippen molar-refractivity contribution in [2.45, 2.75) is 44.8 Å². The lowest BCUT2D eigenvalue weighted by atomic mass is 10.1. The lowest BCUT2D eigenvalue weighted by Crippen LogP contribution is -2.38. The third kappa shape index (κ3) is 4.32. The van der Waals surface area contributed by atoms with Crippen molar-refractivity contribution in [1.82, 2.24) is 4.72 Å². The Hall–Kier alpha value is -1.87. The van der Waals surface area contributed by atoms with E-state index in [9.17, 15) is 13.2 Å². The number of carbonyl (C=O) groups is 1. The quantitative estimate of drug-likeness (QED) is 0.866. The van der Waals surface area contributed by atoms with Crippen molar-refractivity contribution in [2.24, 2.45) is 11.8 Å². The van der Waals surface area contributed by atoms with E-state index in [2.05, 4.69) is 10.8 Å². The molecule has 3 unspecified atom stereocenters. The van der Waals surface area contributed by atoms with Gasteiger partial charge in [-0.3, -0.25) is 9.52 Å². The first-order chi connectivity index (χ1) is 10.7. The number of hydrogen-bond donors (Lipinski definition) is 1. The Labute approximate surface area is 137 Å². The van der Waals surface area contributed by atoms with Gasteiger partial charge in [-0.15, -0.1) is 0 Å². The molecule has 0 heterocycles. The summed E-state index contributed by atoms with van der Waals surface area (Å²) >= 11 is 0. The molecule has 1 aliphatic carbocycles. The summed E-state index contributed by atoms with van der Waals surface area (Å²) in [5.41, 5.74) is 1.46. The molecule has 2 rings (SSSR count). The van der Waals surface area contributed by atoms with Crippen molar-refractivity contribution in [1.29, 1.82) is 5.26 Å². The summed E-state index contributed by atoms with van der Waals surface area (Å²) in [6.07, 6.45) is 1.13. The second kappa shape index (κ2) is 6.71. The van der Waals surface area contributed by atoms with E-state index < -0.39 is 21.2 Å². The molecule has 23 heavy (non-hydrogen) atoms. The van der Waals surface area contributed by atoms with Crippen molar-refractivity contribution < 1.29 is 13.2 Å². The van der Waals surface area contributed by atoms with Crippen LogP contribution in [0.2, 0.25) is 0 Å². The van der Waals surface area contributed by atoms with Gasteiger partial charge >= 0.3 is 0 Å². The molecule has 5 nitrogen and oxygen atoms in total. The average molecular weight is 334 g/mol. The molecule has 1 amide bonds. The highest BCUT2D eigenvalue weighted by atomic mass is 32.2. The van der Waals surface area contributed by atoms with Crippen LogP contribution in [-0.4, -0.2) is 19.6 Å². The number of sulfonamides is 1. The first kappa shape index (κ1) is 17.5. The maximum atomic E-state index is 12.2. The van der Waals surface area contributed by atoms with Crippen LogP contribution in [0, 0.1) is 23.2 Å². The summed E-state index contributed by atoms with van der Waals surface area (Å²) in [7, 11) is -3.63. The fourth-order valence-electron chi connectivity index (χ4n) is 2.80. The Morgan fingerprint density at radius 2 is 2.09 bits per heavy atom. The SMILES string of the molecule is CC(C)CC(C)S(=O)(=O)NC(=O)C1CC1c1cccc(C#N)c1. The van der Waals surface area contributed by atoms with Crippen molar-refractivity contribution in [3.05, 3.63) is 35.4 Å². The Bertz CT molecular complexity index is 734. The summed E-state index contributed by atoms with van der Waals surface area (Å²) in [5, 5.41) is 8.32. The molecule has 0 spiro atoms. The van der Waals surface area contributed by atoms with Gasteiger partial charge in [0, 0.05) is 5.92 Å². The number of nitrogens with zero attached hydrogens (tertiary/aromatic N) is 1. The van der Waals surface area contributed by atoms with Gasteiger partial charge in [-0.05, 0) is 49.3 Å². The molecular weight excluding hydrogens is 312 g/mol. The smallest absolute Gasteiger partial charge is 0.237 e. The van der Waals surface area contributed by atoms with Gasteiger partial charge in [-0.2, -0.15) is 5.26 Å². The lowest BCUT2D eigenvalue weighted by Gasteiger charge is -2.15. The van der Waals surface area contributed by atoms with Gasteiger partial charge in [0.15, 0.2) is 0 Å². The normalized spacial score (nSPS) is 21.5. The predicted octanol–water partition coefficient (Wildman–Crippen LogP) is 2.54. The van der Waals surface area contributed by atoms with Gasteiger partial charge in [0.2, 0.25) is 15.9 Å². The number of nitriles is 1. The molecular formula is C17H22N2O3S. The van der Waals surface area contributed by atoms with Gasteiger partial charge in [-0.1, -0.05) is 26.0 Å². The van der Waals surface area contributed by atoms with E-state index in [4.69, 9.17) is 5.26 Å². The van der Waals surface area contributed by atoms with Gasteiger partial charge in [0.05, 0.1) is 16.9 Å². The second-order valence-electron chi connectivity index (χ2n) is 6.64. The van der Waals surface area contributed by atoms with E-state index in [1.807, 2.05) is 19.9 Å². The fraction of sp³-hybridized carbons (Fsp3) is 0.529. The minimum atomic E-state index is -3.63. The molecule has 1 fully saturated rings. The van der Waals surface area contributed by atoms with Crippen molar-refractivity contribution >= 4 is 15.9 Å². The molecule has 124 valence electrons. The highest BCUT2D eigenvalue weighted by molar-refractivity contribution is 7.90. The Morgan fingerprint density at radius 3 is 2.70 bits per heavy atom. The number of rotatable bonds is 6. The van der Waals surface area contributed by atoms with Crippen molar-refractivity contribution in [2.75, 3.05) is 0 Å². The van der Waals surface area contributed by atoms with Crippen LogP contribution in [0.15, 0.2) is 24.3 Å². The first-order valence-corrected chi connectivity index (χ1v) is 9.34. The molecule has 0 radical (unpaired) electrons. The predicted molar refractivity (Wildman–Crippen MR) is 88.0 cm³/mol. The van der Waals surface area contributed by atoms with Crippen LogP contribution >= 0.6 is 0 Å². The summed E-state index contributed by atoms with van der Waals surface area (Å²) in [4.78, 5) is 12.2. The largest absolute Gasteiger partial charge is 0.274 e. The number of carbonyl (C=O) groups excluding carboxylic acids is 1. The highest BCUT2D eigenvalue weighted by Gasteiger charge is 2.45. The fourth-order valence-corrected chi connectivity index (χ4v) is 4.07. The minimum absolute atomic E-state index is 0.00101. The topological polar surface area (TPSA) is 87.0 Å². The van der Waals surface area contributed by atoms with E-state index in [0.29, 0.717) is 18.4 Å². The molecule has 3 atom stereocenters. The van der Waals surface area contributed by atoms with E-state index in [1.54, 1.807) is 25.1 Å². The van der Waals surface area contributed by atoms with Crippen molar-refractivity contribution in [3.8, 4) is 6.07 Å². The number of benzene rings is 1. The summed E-state index contributed by atoms with van der Waals surface area (Å²) < 4.78 is 26.6. The number of nitrogens with one attached hydrogen (secondary N) is 1. The zero-order valence-corrected chi connectivity index (χ0v) is 14.4. The van der Waals surface area contributed by atoms with Crippen LogP contribution in [0.5, 0.6) is 0 Å². The van der Waals surface area contributed by atoms with Crippen molar-refractivity contribution in [3.63, 3.8) is 0 Å². The molecule has 1 aromatic rings. The third-order valence-electron chi connectivity index (χ3n) is 4.15. The number of amides is 1. The zero-order valence-electron chi connectivity index (χ0n) is 13.6. The molecule has 0 bridgehead atoms. The van der Waals surface area contributed by atoms with E-state index in [0.717, 1.165) is 5.56 Å². The summed E-state index contributed by atoms with van der Waals surface area (Å²) in [6.45, 7) is 5.52. The lowest BCUT2D eigenvalue weighted by molar-refractivity contribution is -0.120. The maximum Gasteiger partial charge on any atom is 0.237 e. The van der Waals surface area contributed by atoms with Gasteiger partial charge < -0.3 is 0 Å². The van der Waals surface area contributed by atoms with E-state index in [1.165, 1.54) is 0 Å². The van der Waals surface area contributed by atoms with Crippen LogP contribution in [0.4, 0.5) is 0 Å². The molecule has 0 aromatic heterocycles. The molecule has 1 N–H and O–H groups in total. The van der Waals surface area contributed by atoms with Gasteiger partial charge in [0.25, 0.3) is 0 Å². The molecule has 0 aliphatic heterocycles. The van der Waals surface area contributed by atoms with E-state index >= 15 is 0 Å². The van der Waals surface area contributed by atoms with E-state index in [-0.39, 0.29) is 17.8 Å². The molecule has 6 heteroatoms. The third-order valence-corrected chi connectivity index (χ3v) is 5.88. The zero-order chi connectivity index (χ0) is 17.2. The Kier molecular flexibility index (Phi) is 5.10. The molecule has 1 aromatic carbocycles. The number of hydrogen-bond acceptors (Lipinski definition) is 4. The summed E-state index contributed by atoms with van der Waals surface area (Å²) in [5.74, 6) is -0.518. The molecule has 0 saturated heterocycles. The van der Waals surface area contributed by atoms with Gasteiger partial charge in [0.1, 0.15) is 0 Å².